The van der Waals surface area contributed by atoms with Gasteiger partial charge in [-0.05, 0) is 48.7 Å². The molecule has 0 bridgehead atoms. The Hall–Kier alpha value is -3.41. The fourth-order valence-electron chi connectivity index (χ4n) is 3.04. The van der Waals surface area contributed by atoms with Crippen molar-refractivity contribution >= 4 is 11.4 Å². The van der Waals surface area contributed by atoms with E-state index >= 15 is 0 Å². The number of aromatic nitrogens is 4. The number of carbonyl (C=O) groups is 1. The molecule has 0 aliphatic heterocycles. The molecule has 0 radical (unpaired) electrons. The fraction of sp³-hybridized carbons (Fsp3) is 0.150. The van der Waals surface area contributed by atoms with Crippen LogP contribution in [0.15, 0.2) is 67.3 Å². The minimum atomic E-state index is -0.108. The summed E-state index contributed by atoms with van der Waals surface area (Å²) in [5, 5.41) is 7.43. The minimum Gasteiger partial charge on any atom is -0.348 e. The molecule has 1 saturated carbocycles. The van der Waals surface area contributed by atoms with E-state index < -0.39 is 0 Å². The van der Waals surface area contributed by atoms with Crippen molar-refractivity contribution < 1.29 is 4.79 Å². The molecule has 4 aromatic rings. The number of hydrogen-bond acceptors (Lipinski definition) is 3. The molecule has 1 aliphatic rings. The van der Waals surface area contributed by atoms with Gasteiger partial charge in [-0.1, -0.05) is 12.1 Å². The highest BCUT2D eigenvalue weighted by atomic mass is 16.2. The highest BCUT2D eigenvalue weighted by Gasteiger charge is 2.24. The molecule has 1 amide bonds. The third-order valence-electron chi connectivity index (χ3n) is 4.59. The molecular formula is C20H17N5O. The number of fused-ring (bicyclic) bond motifs is 1. The Morgan fingerprint density at radius 3 is 2.77 bits per heavy atom. The molecule has 0 saturated heterocycles. The zero-order chi connectivity index (χ0) is 17.5. The predicted octanol–water partition coefficient (Wildman–Crippen LogP) is 3.08. The summed E-state index contributed by atoms with van der Waals surface area (Å²) in [5.41, 5.74) is 3.63. The second-order valence-electron chi connectivity index (χ2n) is 6.54. The summed E-state index contributed by atoms with van der Waals surface area (Å²) in [6, 6.07) is 14.2. The van der Waals surface area contributed by atoms with E-state index in [2.05, 4.69) is 38.1 Å². The van der Waals surface area contributed by atoms with Gasteiger partial charge in [0.05, 0.1) is 0 Å². The Bertz CT molecular complexity index is 1090. The number of pyridine rings is 2. The van der Waals surface area contributed by atoms with Crippen LogP contribution >= 0.6 is 0 Å². The Kier molecular flexibility index (Phi) is 3.35. The van der Waals surface area contributed by atoms with Gasteiger partial charge in [-0.25, -0.2) is 4.68 Å². The molecule has 0 atom stereocenters. The molecule has 1 fully saturated rings. The van der Waals surface area contributed by atoms with Crippen LogP contribution in [0.1, 0.15) is 23.3 Å². The van der Waals surface area contributed by atoms with E-state index in [-0.39, 0.29) is 5.91 Å². The topological polar surface area (TPSA) is 64.2 Å². The van der Waals surface area contributed by atoms with Crippen LogP contribution in [0.25, 0.3) is 22.5 Å². The lowest BCUT2D eigenvalue weighted by atomic mass is 10.1. The molecule has 5 rings (SSSR count). The maximum atomic E-state index is 12.2. The van der Waals surface area contributed by atoms with Gasteiger partial charge in [-0.2, -0.15) is 5.10 Å². The first-order valence-corrected chi connectivity index (χ1v) is 8.66. The first-order valence-electron chi connectivity index (χ1n) is 8.66. The fourth-order valence-corrected chi connectivity index (χ4v) is 3.04. The second-order valence-corrected chi connectivity index (χ2v) is 6.54. The first kappa shape index (κ1) is 14.9. The summed E-state index contributed by atoms with van der Waals surface area (Å²) < 4.78 is 3.81. The van der Waals surface area contributed by atoms with Crippen molar-refractivity contribution in [1.82, 2.24) is 24.5 Å². The maximum absolute atomic E-state index is 12.2. The van der Waals surface area contributed by atoms with E-state index in [9.17, 15) is 4.79 Å². The first-order chi connectivity index (χ1) is 12.8. The average molecular weight is 343 g/mol. The summed E-state index contributed by atoms with van der Waals surface area (Å²) in [6.07, 6.45) is 9.62. The molecule has 26 heavy (non-hydrogen) atoms. The van der Waals surface area contributed by atoms with Gasteiger partial charge < -0.3 is 9.72 Å². The summed E-state index contributed by atoms with van der Waals surface area (Å²) in [6.45, 7) is 0. The Morgan fingerprint density at radius 2 is 1.96 bits per heavy atom. The number of carbonyl (C=O) groups excluding carboxylic acids is 1. The van der Waals surface area contributed by atoms with Gasteiger partial charge in [0.2, 0.25) is 0 Å². The van der Waals surface area contributed by atoms with Crippen molar-refractivity contribution in [1.29, 1.82) is 0 Å². The van der Waals surface area contributed by atoms with Crippen LogP contribution in [0.2, 0.25) is 0 Å². The van der Waals surface area contributed by atoms with Gasteiger partial charge in [-0.15, -0.1) is 0 Å². The van der Waals surface area contributed by atoms with Crippen LogP contribution in [0, 0.1) is 0 Å². The van der Waals surface area contributed by atoms with Gasteiger partial charge in [0.15, 0.2) is 5.69 Å². The maximum Gasteiger partial charge on any atom is 0.272 e. The van der Waals surface area contributed by atoms with E-state index in [4.69, 9.17) is 0 Å². The van der Waals surface area contributed by atoms with E-state index in [1.165, 1.54) is 0 Å². The zero-order valence-corrected chi connectivity index (χ0v) is 14.0. The van der Waals surface area contributed by atoms with E-state index in [0.717, 1.165) is 35.3 Å². The van der Waals surface area contributed by atoms with Gasteiger partial charge in [0.1, 0.15) is 5.82 Å². The lowest BCUT2D eigenvalue weighted by Crippen LogP contribution is -2.25. The summed E-state index contributed by atoms with van der Waals surface area (Å²) >= 11 is 0. The number of nitrogens with one attached hydrogen (secondary N) is 1. The number of nitrogens with zero attached hydrogens (tertiary/aromatic N) is 4. The number of amides is 1. The molecular weight excluding hydrogens is 326 g/mol. The monoisotopic (exact) mass is 343 g/mol. The Labute approximate surface area is 150 Å². The van der Waals surface area contributed by atoms with Crippen molar-refractivity contribution in [3.8, 4) is 16.9 Å². The van der Waals surface area contributed by atoms with E-state index in [1.807, 2.05) is 36.7 Å². The highest BCUT2D eigenvalue weighted by Crippen LogP contribution is 2.23. The summed E-state index contributed by atoms with van der Waals surface area (Å²) in [4.78, 5) is 16.4. The third-order valence-corrected chi connectivity index (χ3v) is 4.59. The van der Waals surface area contributed by atoms with Gasteiger partial charge in [0.25, 0.3) is 5.91 Å². The molecule has 6 nitrogen and oxygen atoms in total. The van der Waals surface area contributed by atoms with Crippen molar-refractivity contribution in [3.63, 3.8) is 0 Å². The normalized spacial score (nSPS) is 13.8. The largest absolute Gasteiger partial charge is 0.348 e. The lowest BCUT2D eigenvalue weighted by Gasteiger charge is -2.06. The standard InChI is InChI=1S/C20H17N5O/c26-20(22-16-4-5-16)18-9-11-25(23-18)19-8-7-17-6-3-15(13-24(17)19)14-2-1-10-21-12-14/h1-3,6-13,16H,4-5H2,(H,22,26). The molecule has 0 aromatic carbocycles. The Morgan fingerprint density at radius 1 is 1.08 bits per heavy atom. The minimum absolute atomic E-state index is 0.108. The second kappa shape index (κ2) is 5.84. The van der Waals surface area contributed by atoms with Crippen molar-refractivity contribution in [2.45, 2.75) is 18.9 Å². The van der Waals surface area contributed by atoms with Crippen LogP contribution in [0.5, 0.6) is 0 Å². The smallest absolute Gasteiger partial charge is 0.272 e. The SMILES string of the molecule is O=C(NC1CC1)c1ccn(-c2ccc3ccc(-c4cccnc4)cn23)n1. The van der Waals surface area contributed by atoms with E-state index in [1.54, 1.807) is 16.9 Å². The van der Waals surface area contributed by atoms with Crippen LogP contribution in [-0.2, 0) is 0 Å². The zero-order valence-electron chi connectivity index (χ0n) is 14.0. The molecule has 6 heteroatoms. The third kappa shape index (κ3) is 2.65. The Balaban J connectivity index is 1.52. The predicted molar refractivity (Wildman–Crippen MR) is 98.2 cm³/mol. The van der Waals surface area contributed by atoms with Crippen molar-refractivity contribution in [3.05, 3.63) is 72.9 Å². The van der Waals surface area contributed by atoms with Crippen LogP contribution < -0.4 is 5.32 Å². The molecule has 1 N–H and O–H groups in total. The average Bonchev–Trinajstić information content (AvgIpc) is 3.20. The molecule has 0 spiro atoms. The quantitative estimate of drug-likeness (QED) is 0.619. The highest BCUT2D eigenvalue weighted by molar-refractivity contribution is 5.92. The van der Waals surface area contributed by atoms with Crippen molar-refractivity contribution in [2.75, 3.05) is 0 Å². The van der Waals surface area contributed by atoms with E-state index in [0.29, 0.717) is 11.7 Å². The summed E-state index contributed by atoms with van der Waals surface area (Å²) in [5.74, 6) is 0.777. The van der Waals surface area contributed by atoms with Crippen LogP contribution in [0.4, 0.5) is 0 Å². The van der Waals surface area contributed by atoms with Gasteiger partial charge in [0, 0.05) is 41.9 Å². The lowest BCUT2D eigenvalue weighted by molar-refractivity contribution is 0.0945. The van der Waals surface area contributed by atoms with Gasteiger partial charge >= 0.3 is 0 Å². The molecule has 4 heterocycles. The number of hydrogen-bond donors (Lipinski definition) is 1. The summed E-state index contributed by atoms with van der Waals surface area (Å²) in [7, 11) is 0. The van der Waals surface area contributed by atoms with Gasteiger partial charge in [-0.3, -0.25) is 9.78 Å². The number of rotatable bonds is 4. The molecule has 128 valence electrons. The van der Waals surface area contributed by atoms with Crippen LogP contribution in [-0.4, -0.2) is 31.1 Å². The molecule has 4 aromatic heterocycles. The molecule has 0 unspecified atom stereocenters. The van der Waals surface area contributed by atoms with Crippen LogP contribution in [0.3, 0.4) is 0 Å². The van der Waals surface area contributed by atoms with Crippen molar-refractivity contribution in [2.24, 2.45) is 0 Å². The molecule has 1 aliphatic carbocycles.